The zero-order chi connectivity index (χ0) is 36.4. The van der Waals surface area contributed by atoms with Gasteiger partial charge in [-0.05, 0) is 111 Å². The molecular weight excluding hydrogens is 649 g/mol. The van der Waals surface area contributed by atoms with Gasteiger partial charge in [-0.1, -0.05) is 201 Å². The molecule has 1 aliphatic carbocycles. The van der Waals surface area contributed by atoms with E-state index in [0.717, 1.165) is 0 Å². The minimum absolute atomic E-state index is 0.255. The first-order valence-electron chi connectivity index (χ1n) is 19.0. The Kier molecular flexibility index (Phi) is 7.49. The Morgan fingerprint density at radius 1 is 0.370 bits per heavy atom. The van der Waals surface area contributed by atoms with Crippen molar-refractivity contribution in [1.29, 1.82) is 0 Å². The first-order chi connectivity index (χ1) is 26.5. The molecule has 0 saturated heterocycles. The lowest BCUT2D eigenvalue weighted by Gasteiger charge is -2.32. The number of fused-ring (bicyclic) bond motifs is 8. The summed E-state index contributed by atoms with van der Waals surface area (Å²) in [7, 11) is 0. The molecule has 0 fully saturated rings. The summed E-state index contributed by atoms with van der Waals surface area (Å²) in [6.45, 7) is 7.17. The number of rotatable bonds is 3. The Balaban J connectivity index is 1.29. The molecule has 10 rings (SSSR count). The maximum atomic E-state index is 2.41. The monoisotopic (exact) mass is 688 g/mol. The molecule has 0 aromatic heterocycles. The van der Waals surface area contributed by atoms with Gasteiger partial charge < -0.3 is 0 Å². The highest BCUT2D eigenvalue weighted by molar-refractivity contribution is 6.22. The number of allylic oxidation sites excluding steroid dienone is 5. The zero-order valence-electron chi connectivity index (χ0n) is 30.9. The van der Waals surface area contributed by atoms with E-state index in [1.807, 2.05) is 0 Å². The lowest BCUT2D eigenvalue weighted by Crippen LogP contribution is -2.22. The van der Waals surface area contributed by atoms with E-state index in [0.29, 0.717) is 0 Å². The summed E-state index contributed by atoms with van der Waals surface area (Å²) < 4.78 is 0. The van der Waals surface area contributed by atoms with Crippen molar-refractivity contribution in [3.8, 4) is 22.3 Å². The second-order valence-electron chi connectivity index (χ2n) is 15.2. The van der Waals surface area contributed by atoms with E-state index < -0.39 is 0 Å². The van der Waals surface area contributed by atoms with Crippen molar-refractivity contribution in [2.24, 2.45) is 0 Å². The third kappa shape index (κ3) is 4.91. The van der Waals surface area contributed by atoms with Gasteiger partial charge in [-0.2, -0.15) is 0 Å². The van der Waals surface area contributed by atoms with Crippen molar-refractivity contribution in [2.45, 2.75) is 26.2 Å². The fraction of sp³-hybridized carbons (Fsp3) is 0.0741. The lowest BCUT2D eigenvalue weighted by molar-refractivity contribution is 0.631. The minimum atomic E-state index is -0.255. The Morgan fingerprint density at radius 3 is 1.56 bits per heavy atom. The van der Waals surface area contributed by atoms with Gasteiger partial charge in [0.25, 0.3) is 0 Å². The highest BCUT2D eigenvalue weighted by atomic mass is 14.3. The van der Waals surface area contributed by atoms with Gasteiger partial charge in [0, 0.05) is 5.41 Å². The van der Waals surface area contributed by atoms with Crippen LogP contribution in [0.2, 0.25) is 0 Å². The molecule has 54 heavy (non-hydrogen) atoms. The van der Waals surface area contributed by atoms with Crippen molar-refractivity contribution in [2.75, 3.05) is 0 Å². The molecule has 0 atom stereocenters. The smallest absolute Gasteiger partial charge is 0.0124 e. The van der Waals surface area contributed by atoms with E-state index in [4.69, 9.17) is 0 Å². The van der Waals surface area contributed by atoms with Crippen LogP contribution in [0.15, 0.2) is 188 Å². The normalized spacial score (nSPS) is 16.6. The summed E-state index contributed by atoms with van der Waals surface area (Å²) in [5.74, 6) is 0. The van der Waals surface area contributed by atoms with Gasteiger partial charge in [0.15, 0.2) is 0 Å². The zero-order valence-corrected chi connectivity index (χ0v) is 30.9. The maximum Gasteiger partial charge on any atom is 0.0124 e. The lowest BCUT2D eigenvalue weighted by atomic mass is 9.71. The van der Waals surface area contributed by atoms with E-state index in [2.05, 4.69) is 209 Å². The second kappa shape index (κ2) is 12.6. The van der Waals surface area contributed by atoms with E-state index >= 15 is 0 Å². The molecule has 1 aliphatic rings. The van der Waals surface area contributed by atoms with E-state index in [1.54, 1.807) is 0 Å². The van der Waals surface area contributed by atoms with Crippen LogP contribution in [0, 0.1) is 0 Å². The summed E-state index contributed by atoms with van der Waals surface area (Å²) in [5.41, 5.74) is 11.3. The van der Waals surface area contributed by atoms with E-state index in [1.165, 1.54) is 104 Å². The van der Waals surface area contributed by atoms with Gasteiger partial charge in [0.2, 0.25) is 0 Å². The second-order valence-corrected chi connectivity index (χ2v) is 15.2. The summed E-state index contributed by atoms with van der Waals surface area (Å²) in [6, 6.07) is 60.6. The largest absolute Gasteiger partial charge is 0.0616 e. The average molecular weight is 689 g/mol. The molecule has 0 nitrogen and oxygen atoms in total. The molecule has 0 N–H and O–H groups in total. The fourth-order valence-electron chi connectivity index (χ4n) is 9.28. The van der Waals surface area contributed by atoms with Crippen LogP contribution in [0.25, 0.3) is 87.8 Å². The third-order valence-corrected chi connectivity index (χ3v) is 12.0. The summed E-state index contributed by atoms with van der Waals surface area (Å²) in [4.78, 5) is 0. The standard InChI is InChI=1S/C54H40/c1-35-39(21-7-5-19-37-33-32-36-18-4-9-23-41(36)53(37)54(35,2)3)51-46-28-14-16-30-48(46)52(49-31-17-15-29-47(49)51)45-27-13-12-26-44(45)50-34-38-20-6-8-22-40(38)42-24-10-11-25-43(42)50/h4-34H,1-3H3/b19-5+,21-7-,39-35-. The molecule has 9 aromatic carbocycles. The average Bonchev–Trinajstić information content (AvgIpc) is 3.26. The molecule has 256 valence electrons. The third-order valence-electron chi connectivity index (χ3n) is 12.0. The number of benzene rings is 9. The van der Waals surface area contributed by atoms with Crippen LogP contribution >= 0.6 is 0 Å². The first kappa shape index (κ1) is 32.2. The summed E-state index contributed by atoms with van der Waals surface area (Å²) in [6.07, 6.45) is 9.08. The molecule has 0 unspecified atom stereocenters. The van der Waals surface area contributed by atoms with Gasteiger partial charge in [0.1, 0.15) is 0 Å². The summed E-state index contributed by atoms with van der Waals surface area (Å²) in [5, 5.41) is 12.7. The minimum Gasteiger partial charge on any atom is -0.0616 e. The number of hydrogen-bond acceptors (Lipinski definition) is 0. The highest BCUT2D eigenvalue weighted by Gasteiger charge is 2.31. The van der Waals surface area contributed by atoms with Crippen LogP contribution in [0.1, 0.15) is 37.5 Å². The molecule has 0 heteroatoms. The quantitative estimate of drug-likeness (QED) is 0.128. The molecule has 0 bridgehead atoms. The Morgan fingerprint density at radius 2 is 0.870 bits per heavy atom. The Bertz CT molecular complexity index is 3020. The van der Waals surface area contributed by atoms with Crippen molar-refractivity contribution in [3.63, 3.8) is 0 Å². The molecular formula is C54H40. The van der Waals surface area contributed by atoms with Crippen molar-refractivity contribution in [3.05, 3.63) is 204 Å². The van der Waals surface area contributed by atoms with E-state index in [9.17, 15) is 0 Å². The van der Waals surface area contributed by atoms with Crippen LogP contribution in [0.3, 0.4) is 0 Å². The van der Waals surface area contributed by atoms with Gasteiger partial charge >= 0.3 is 0 Å². The predicted octanol–water partition coefficient (Wildman–Crippen LogP) is 15.1. The highest BCUT2D eigenvalue weighted by Crippen LogP contribution is 2.49. The van der Waals surface area contributed by atoms with Crippen LogP contribution in [0.5, 0.6) is 0 Å². The van der Waals surface area contributed by atoms with Gasteiger partial charge in [-0.25, -0.2) is 0 Å². The van der Waals surface area contributed by atoms with Crippen molar-refractivity contribution in [1.82, 2.24) is 0 Å². The first-order valence-corrected chi connectivity index (χ1v) is 19.0. The molecule has 0 spiro atoms. The van der Waals surface area contributed by atoms with Crippen molar-refractivity contribution >= 4 is 65.5 Å². The molecule has 0 saturated carbocycles. The number of hydrogen-bond donors (Lipinski definition) is 0. The fourth-order valence-corrected chi connectivity index (χ4v) is 9.28. The topological polar surface area (TPSA) is 0 Å². The molecule has 0 heterocycles. The Hall–Kier alpha value is -6.50. The van der Waals surface area contributed by atoms with Gasteiger partial charge in [-0.3, -0.25) is 0 Å². The van der Waals surface area contributed by atoms with Gasteiger partial charge in [-0.15, -0.1) is 0 Å². The maximum absolute atomic E-state index is 2.41. The molecule has 0 aliphatic heterocycles. The van der Waals surface area contributed by atoms with Gasteiger partial charge in [0.05, 0.1) is 0 Å². The van der Waals surface area contributed by atoms with E-state index in [-0.39, 0.29) is 5.41 Å². The SMILES string of the molecule is C\C1=C(c2c3ccccc3c(-c3ccccc3-c3cc4ccccc4c4ccccc34)c3ccccc23)/C=C\C=C\c2ccc3ccccc3c2C1(C)C. The van der Waals surface area contributed by atoms with Crippen LogP contribution in [-0.4, -0.2) is 0 Å². The molecule has 0 radical (unpaired) electrons. The molecule has 9 aromatic rings. The molecule has 0 amide bonds. The van der Waals surface area contributed by atoms with Crippen LogP contribution < -0.4 is 0 Å². The van der Waals surface area contributed by atoms with Crippen molar-refractivity contribution < 1.29 is 0 Å². The predicted molar refractivity (Wildman–Crippen MR) is 235 cm³/mol. The van der Waals surface area contributed by atoms with Crippen LogP contribution in [-0.2, 0) is 5.41 Å². The Labute approximate surface area is 317 Å². The summed E-state index contributed by atoms with van der Waals surface area (Å²) >= 11 is 0. The van der Waals surface area contributed by atoms with Crippen LogP contribution in [0.4, 0.5) is 0 Å².